The topological polar surface area (TPSA) is 94.1 Å². The van der Waals surface area contributed by atoms with E-state index in [1.54, 1.807) is 0 Å². The van der Waals surface area contributed by atoms with Crippen molar-refractivity contribution in [1.82, 2.24) is 4.98 Å². The van der Waals surface area contributed by atoms with Gasteiger partial charge in [-0.15, -0.1) is 0 Å². The van der Waals surface area contributed by atoms with Crippen molar-refractivity contribution in [1.29, 1.82) is 0 Å². The summed E-state index contributed by atoms with van der Waals surface area (Å²) in [4.78, 5) is 13.4. The van der Waals surface area contributed by atoms with Gasteiger partial charge in [-0.05, 0) is 0 Å². The molecule has 0 bridgehead atoms. The van der Waals surface area contributed by atoms with Crippen molar-refractivity contribution in [2.75, 3.05) is 18.4 Å². The number of nitrogens with zero attached hydrogens (tertiary/aromatic N) is 2. The lowest BCUT2D eigenvalue weighted by Gasteiger charge is -2.15. The Morgan fingerprint density at radius 2 is 2.24 bits per heavy atom. The molecule has 0 atom stereocenters. The van der Waals surface area contributed by atoms with Gasteiger partial charge in [0.2, 0.25) is 0 Å². The van der Waals surface area contributed by atoms with Gasteiger partial charge in [-0.3, -0.25) is 15.1 Å². The molecular weight excluding hydrogens is 258 g/mol. The maximum Gasteiger partial charge on any atom is 0.311 e. The summed E-state index contributed by atoms with van der Waals surface area (Å²) in [5, 5.41) is 12.7. The second kappa shape index (κ2) is 5.19. The Morgan fingerprint density at radius 1 is 1.59 bits per heavy atom. The van der Waals surface area contributed by atoms with Crippen LogP contribution in [0.1, 0.15) is 0 Å². The van der Waals surface area contributed by atoms with Crippen molar-refractivity contribution < 1.29 is 13.7 Å². The van der Waals surface area contributed by atoms with Crippen LogP contribution in [0.15, 0.2) is 12.4 Å². The second-order valence-electron chi connectivity index (χ2n) is 3.19. The van der Waals surface area contributed by atoms with Crippen molar-refractivity contribution in [2.24, 2.45) is 5.73 Å². The molecule has 0 aliphatic carbocycles. The lowest BCUT2D eigenvalue weighted by atomic mass is 10.3. The summed E-state index contributed by atoms with van der Waals surface area (Å²) in [5.74, 6) is -3.17. The molecule has 0 saturated carbocycles. The molecule has 0 unspecified atom stereocenters. The summed E-state index contributed by atoms with van der Waals surface area (Å²) in [5.41, 5.74) is 4.18. The number of anilines is 1. The minimum atomic E-state index is -3.17. The van der Waals surface area contributed by atoms with Gasteiger partial charge in [-0.25, -0.2) is 8.78 Å². The van der Waals surface area contributed by atoms with Gasteiger partial charge in [0.15, 0.2) is 0 Å². The average molecular weight is 267 g/mol. The van der Waals surface area contributed by atoms with E-state index in [9.17, 15) is 18.9 Å². The first-order chi connectivity index (χ1) is 7.87. The molecular formula is C8H9ClF2N4O2. The molecule has 17 heavy (non-hydrogen) atoms. The number of rotatable bonds is 5. The van der Waals surface area contributed by atoms with Crippen LogP contribution in [0.25, 0.3) is 0 Å². The summed E-state index contributed by atoms with van der Waals surface area (Å²) in [6, 6.07) is 0. The predicted molar refractivity (Wildman–Crippen MR) is 58.4 cm³/mol. The van der Waals surface area contributed by atoms with Crippen LogP contribution < -0.4 is 11.1 Å². The maximum atomic E-state index is 12.9. The Bertz CT molecular complexity index is 430. The molecule has 0 spiro atoms. The smallest absolute Gasteiger partial charge is 0.311 e. The highest BCUT2D eigenvalue weighted by Crippen LogP contribution is 2.31. The van der Waals surface area contributed by atoms with Gasteiger partial charge in [0, 0.05) is 6.20 Å². The van der Waals surface area contributed by atoms with Gasteiger partial charge in [-0.2, -0.15) is 0 Å². The van der Waals surface area contributed by atoms with Crippen molar-refractivity contribution >= 4 is 23.0 Å². The summed E-state index contributed by atoms with van der Waals surface area (Å²) in [6.45, 7) is -1.70. The van der Waals surface area contributed by atoms with E-state index >= 15 is 0 Å². The van der Waals surface area contributed by atoms with E-state index in [1.807, 2.05) is 0 Å². The van der Waals surface area contributed by atoms with Crippen LogP contribution in [0.5, 0.6) is 0 Å². The Hall–Kier alpha value is -1.54. The number of nitro groups is 1. The zero-order valence-electron chi connectivity index (χ0n) is 8.49. The van der Waals surface area contributed by atoms with Gasteiger partial charge in [0.05, 0.1) is 23.0 Å². The van der Waals surface area contributed by atoms with E-state index in [-0.39, 0.29) is 10.7 Å². The van der Waals surface area contributed by atoms with Gasteiger partial charge in [0.1, 0.15) is 11.9 Å². The minimum Gasteiger partial charge on any atom is -0.372 e. The van der Waals surface area contributed by atoms with Crippen LogP contribution >= 0.6 is 11.6 Å². The Morgan fingerprint density at radius 3 is 2.76 bits per heavy atom. The highest BCUT2D eigenvalue weighted by atomic mass is 35.5. The molecule has 0 aromatic carbocycles. The van der Waals surface area contributed by atoms with Crippen LogP contribution in [0.3, 0.4) is 0 Å². The third kappa shape index (κ3) is 3.46. The fraction of sp³-hybridized carbons (Fsp3) is 0.375. The second-order valence-corrected chi connectivity index (χ2v) is 3.59. The third-order valence-corrected chi connectivity index (χ3v) is 2.19. The van der Waals surface area contributed by atoms with Crippen LogP contribution in [0, 0.1) is 10.1 Å². The first kappa shape index (κ1) is 13.5. The fourth-order valence-electron chi connectivity index (χ4n) is 1.03. The minimum absolute atomic E-state index is 0.105. The Labute approximate surface area is 99.9 Å². The number of aromatic nitrogens is 1. The molecule has 9 heteroatoms. The number of hydrogen-bond donors (Lipinski definition) is 2. The van der Waals surface area contributed by atoms with Crippen molar-refractivity contribution in [3.8, 4) is 0 Å². The largest absolute Gasteiger partial charge is 0.372 e. The Balaban J connectivity index is 2.94. The Kier molecular flexibility index (Phi) is 4.13. The molecule has 0 aliphatic heterocycles. The number of hydrogen-bond acceptors (Lipinski definition) is 5. The van der Waals surface area contributed by atoms with E-state index in [2.05, 4.69) is 10.3 Å². The van der Waals surface area contributed by atoms with Gasteiger partial charge in [0.25, 0.3) is 5.92 Å². The number of pyridine rings is 1. The third-order valence-electron chi connectivity index (χ3n) is 1.90. The van der Waals surface area contributed by atoms with E-state index in [0.717, 1.165) is 12.4 Å². The molecule has 3 N–H and O–H groups in total. The molecule has 0 fully saturated rings. The molecule has 6 nitrogen and oxygen atoms in total. The molecule has 1 aromatic heterocycles. The van der Waals surface area contributed by atoms with Gasteiger partial charge in [-0.1, -0.05) is 11.6 Å². The van der Waals surface area contributed by atoms with E-state index in [4.69, 9.17) is 17.3 Å². The zero-order chi connectivity index (χ0) is 13.1. The van der Waals surface area contributed by atoms with Crippen LogP contribution in [-0.2, 0) is 0 Å². The number of nitrogens with two attached hydrogens (primary N) is 1. The van der Waals surface area contributed by atoms with Gasteiger partial charge < -0.3 is 11.1 Å². The lowest BCUT2D eigenvalue weighted by Crippen LogP contribution is -2.35. The van der Waals surface area contributed by atoms with E-state index in [1.165, 1.54) is 0 Å². The normalized spacial score (nSPS) is 11.3. The molecule has 0 amide bonds. The molecule has 1 heterocycles. The lowest BCUT2D eigenvalue weighted by molar-refractivity contribution is -0.384. The predicted octanol–water partition coefficient (Wildman–Crippen LogP) is 1.65. The maximum absolute atomic E-state index is 12.9. The number of alkyl halides is 2. The van der Waals surface area contributed by atoms with Crippen LogP contribution in [0.4, 0.5) is 20.2 Å². The quantitative estimate of drug-likeness (QED) is 0.624. The van der Waals surface area contributed by atoms with Crippen molar-refractivity contribution in [3.05, 3.63) is 27.5 Å². The summed E-state index contributed by atoms with van der Waals surface area (Å²) < 4.78 is 25.8. The first-order valence-corrected chi connectivity index (χ1v) is 4.85. The standard InChI is InChI=1S/C8H9ClF2N4O2/c9-5-1-13-2-6(15(16)17)7(5)14-4-8(10,11)3-12/h1-2H,3-4,12H2,(H,13,14). The monoisotopic (exact) mass is 266 g/mol. The molecule has 0 saturated heterocycles. The number of nitrogens with one attached hydrogen (secondary N) is 1. The van der Waals surface area contributed by atoms with Crippen LogP contribution in [0.2, 0.25) is 5.02 Å². The summed E-state index contributed by atoms with van der Waals surface area (Å²) in [7, 11) is 0. The molecule has 1 aromatic rings. The SMILES string of the molecule is NCC(F)(F)CNc1c(Cl)cncc1[N+](=O)[O-]. The molecule has 1 rings (SSSR count). The number of halogens is 3. The molecule has 0 aliphatic rings. The van der Waals surface area contributed by atoms with Crippen molar-refractivity contribution in [2.45, 2.75) is 5.92 Å². The van der Waals surface area contributed by atoms with E-state index in [0.29, 0.717) is 0 Å². The van der Waals surface area contributed by atoms with Gasteiger partial charge >= 0.3 is 5.69 Å². The zero-order valence-corrected chi connectivity index (χ0v) is 9.25. The summed E-state index contributed by atoms with van der Waals surface area (Å²) >= 11 is 5.64. The molecule has 0 radical (unpaired) electrons. The first-order valence-electron chi connectivity index (χ1n) is 4.47. The van der Waals surface area contributed by atoms with E-state index < -0.39 is 29.6 Å². The van der Waals surface area contributed by atoms with Crippen molar-refractivity contribution in [3.63, 3.8) is 0 Å². The van der Waals surface area contributed by atoms with Crippen LogP contribution in [-0.4, -0.2) is 28.9 Å². The summed E-state index contributed by atoms with van der Waals surface area (Å²) in [6.07, 6.45) is 2.05. The molecule has 94 valence electrons. The average Bonchev–Trinajstić information content (AvgIpc) is 2.27. The fourth-order valence-corrected chi connectivity index (χ4v) is 1.25. The highest BCUT2D eigenvalue weighted by molar-refractivity contribution is 6.33. The highest BCUT2D eigenvalue weighted by Gasteiger charge is 2.28.